The summed E-state index contributed by atoms with van der Waals surface area (Å²) in [7, 11) is 1.56. The minimum Gasteiger partial charge on any atom is -0.494 e. The third-order valence-electron chi connectivity index (χ3n) is 1.26. The third kappa shape index (κ3) is 2.35. The molecule has 0 radical (unpaired) electrons. The molecule has 1 rings (SSSR count). The molecule has 0 atom stereocenters. The first kappa shape index (κ1) is 8.73. The summed E-state index contributed by atoms with van der Waals surface area (Å²) in [6.45, 7) is 0.516. The minimum absolute atomic E-state index is 0.0649. The van der Waals surface area contributed by atoms with Gasteiger partial charge in [-0.2, -0.15) is 0 Å². The van der Waals surface area contributed by atoms with Gasteiger partial charge < -0.3 is 15.2 Å². The first-order valence-electron chi connectivity index (χ1n) is 3.57. The highest BCUT2D eigenvalue weighted by Gasteiger charge is 1.94. The van der Waals surface area contributed by atoms with Crippen LogP contribution in [0.1, 0.15) is 0 Å². The van der Waals surface area contributed by atoms with E-state index < -0.39 is 0 Å². The van der Waals surface area contributed by atoms with Gasteiger partial charge in [0, 0.05) is 6.54 Å². The molecule has 0 amide bonds. The number of nitrogens with one attached hydrogen (secondary N) is 1. The summed E-state index contributed by atoms with van der Waals surface area (Å²) in [5.41, 5.74) is 0. The molecule has 1 aromatic heterocycles. The van der Waals surface area contributed by atoms with Crippen LogP contribution in [0, 0.1) is 0 Å². The van der Waals surface area contributed by atoms with Crippen molar-refractivity contribution in [3.05, 3.63) is 12.4 Å². The van der Waals surface area contributed by atoms with E-state index in [1.165, 1.54) is 0 Å². The molecular formula is C7H11N3O2. The van der Waals surface area contributed by atoms with Crippen molar-refractivity contribution in [1.29, 1.82) is 0 Å². The van der Waals surface area contributed by atoms with Crippen molar-refractivity contribution in [1.82, 2.24) is 9.97 Å². The predicted octanol–water partition coefficient (Wildman–Crippen LogP) is -0.111. The smallest absolute Gasteiger partial charge is 0.222 e. The Morgan fingerprint density at radius 2 is 2.17 bits per heavy atom. The van der Waals surface area contributed by atoms with Crippen molar-refractivity contribution in [3.8, 4) is 5.75 Å². The first-order chi connectivity index (χ1) is 5.86. The number of hydrogen-bond donors (Lipinski definition) is 2. The van der Waals surface area contributed by atoms with Gasteiger partial charge in [0.2, 0.25) is 5.95 Å². The number of rotatable bonds is 4. The van der Waals surface area contributed by atoms with Crippen LogP contribution in [-0.4, -0.2) is 35.3 Å². The van der Waals surface area contributed by atoms with E-state index in [2.05, 4.69) is 15.3 Å². The predicted molar refractivity (Wildman–Crippen MR) is 44.2 cm³/mol. The van der Waals surface area contributed by atoms with Gasteiger partial charge in [-0.05, 0) is 0 Å². The summed E-state index contributed by atoms with van der Waals surface area (Å²) in [6.07, 6.45) is 3.12. The zero-order valence-corrected chi connectivity index (χ0v) is 6.82. The van der Waals surface area contributed by atoms with Gasteiger partial charge in [0.1, 0.15) is 0 Å². The van der Waals surface area contributed by atoms with Gasteiger partial charge >= 0.3 is 0 Å². The maximum Gasteiger partial charge on any atom is 0.222 e. The molecule has 12 heavy (non-hydrogen) atoms. The quantitative estimate of drug-likeness (QED) is 0.658. The van der Waals surface area contributed by atoms with E-state index in [1.54, 1.807) is 19.5 Å². The normalized spacial score (nSPS) is 9.50. The van der Waals surface area contributed by atoms with Crippen molar-refractivity contribution in [2.24, 2.45) is 0 Å². The number of hydrogen-bond acceptors (Lipinski definition) is 5. The number of nitrogens with zero attached hydrogens (tertiary/aromatic N) is 2. The zero-order valence-electron chi connectivity index (χ0n) is 6.82. The standard InChI is InChI=1S/C7H11N3O2/c1-12-6-4-9-7(10-5-6)8-2-3-11/h4-5,11H,2-3H2,1H3,(H,8,9,10). The lowest BCUT2D eigenvalue weighted by Crippen LogP contribution is -2.08. The zero-order chi connectivity index (χ0) is 8.81. The second-order valence-electron chi connectivity index (χ2n) is 2.10. The Kier molecular flexibility index (Phi) is 3.28. The number of methoxy groups -OCH3 is 1. The Hall–Kier alpha value is -1.36. The second-order valence-corrected chi connectivity index (χ2v) is 2.10. The lowest BCUT2D eigenvalue weighted by atomic mass is 10.6. The van der Waals surface area contributed by atoms with Crippen LogP contribution in [0.25, 0.3) is 0 Å². The van der Waals surface area contributed by atoms with Crippen LogP contribution in [0.15, 0.2) is 12.4 Å². The van der Waals surface area contributed by atoms with Gasteiger partial charge in [0.05, 0.1) is 26.1 Å². The molecule has 66 valence electrons. The molecule has 5 nitrogen and oxygen atoms in total. The van der Waals surface area contributed by atoms with Crippen LogP contribution in [0.5, 0.6) is 5.75 Å². The fourth-order valence-corrected chi connectivity index (χ4v) is 0.681. The number of ether oxygens (including phenoxy) is 1. The topological polar surface area (TPSA) is 67.3 Å². The minimum atomic E-state index is 0.0649. The summed E-state index contributed by atoms with van der Waals surface area (Å²) in [6, 6.07) is 0. The average Bonchev–Trinajstić information content (AvgIpc) is 2.15. The average molecular weight is 169 g/mol. The Morgan fingerprint density at radius 3 is 2.67 bits per heavy atom. The molecule has 0 aromatic carbocycles. The van der Waals surface area contributed by atoms with Crippen molar-refractivity contribution in [2.75, 3.05) is 25.6 Å². The van der Waals surface area contributed by atoms with E-state index in [0.29, 0.717) is 18.2 Å². The molecule has 0 saturated heterocycles. The summed E-state index contributed by atoms with van der Waals surface area (Å²) < 4.78 is 4.87. The Bertz CT molecular complexity index is 225. The molecule has 0 aliphatic carbocycles. The largest absolute Gasteiger partial charge is 0.494 e. The van der Waals surface area contributed by atoms with Crippen molar-refractivity contribution in [2.45, 2.75) is 0 Å². The molecule has 0 aliphatic rings. The molecule has 0 fully saturated rings. The van der Waals surface area contributed by atoms with Crippen molar-refractivity contribution >= 4 is 5.95 Å². The van der Waals surface area contributed by atoms with Gasteiger partial charge in [0.25, 0.3) is 0 Å². The van der Waals surface area contributed by atoms with E-state index in [9.17, 15) is 0 Å². The van der Waals surface area contributed by atoms with E-state index in [0.717, 1.165) is 0 Å². The Morgan fingerprint density at radius 1 is 1.50 bits per heavy atom. The monoisotopic (exact) mass is 169 g/mol. The molecule has 5 heteroatoms. The second kappa shape index (κ2) is 4.50. The van der Waals surface area contributed by atoms with Crippen LogP contribution in [-0.2, 0) is 0 Å². The maximum absolute atomic E-state index is 8.49. The van der Waals surface area contributed by atoms with Crippen LogP contribution in [0.2, 0.25) is 0 Å². The highest BCUT2D eigenvalue weighted by atomic mass is 16.5. The molecule has 0 unspecified atom stereocenters. The SMILES string of the molecule is COc1cnc(NCCO)nc1. The molecule has 2 N–H and O–H groups in total. The summed E-state index contributed by atoms with van der Waals surface area (Å²) in [5, 5.41) is 11.3. The summed E-state index contributed by atoms with van der Waals surface area (Å²) in [4.78, 5) is 7.86. The fourth-order valence-electron chi connectivity index (χ4n) is 0.681. The molecule has 1 heterocycles. The van der Waals surface area contributed by atoms with E-state index in [1.807, 2.05) is 0 Å². The van der Waals surface area contributed by atoms with E-state index >= 15 is 0 Å². The van der Waals surface area contributed by atoms with Crippen LogP contribution >= 0.6 is 0 Å². The van der Waals surface area contributed by atoms with Crippen LogP contribution in [0.3, 0.4) is 0 Å². The van der Waals surface area contributed by atoms with Gasteiger partial charge in [-0.1, -0.05) is 0 Å². The lowest BCUT2D eigenvalue weighted by Gasteiger charge is -2.02. The van der Waals surface area contributed by atoms with Crippen LogP contribution in [0.4, 0.5) is 5.95 Å². The van der Waals surface area contributed by atoms with Gasteiger partial charge in [0.15, 0.2) is 5.75 Å². The van der Waals surface area contributed by atoms with Gasteiger partial charge in [-0.3, -0.25) is 0 Å². The highest BCUT2D eigenvalue weighted by molar-refractivity contribution is 5.26. The van der Waals surface area contributed by atoms with Gasteiger partial charge in [-0.15, -0.1) is 0 Å². The maximum atomic E-state index is 8.49. The molecular weight excluding hydrogens is 158 g/mol. The Balaban J connectivity index is 2.53. The lowest BCUT2D eigenvalue weighted by molar-refractivity contribution is 0.310. The molecule has 1 aromatic rings. The van der Waals surface area contributed by atoms with Crippen LogP contribution < -0.4 is 10.1 Å². The third-order valence-corrected chi connectivity index (χ3v) is 1.26. The van der Waals surface area contributed by atoms with Crippen molar-refractivity contribution < 1.29 is 9.84 Å². The van der Waals surface area contributed by atoms with Crippen molar-refractivity contribution in [3.63, 3.8) is 0 Å². The van der Waals surface area contributed by atoms with E-state index in [4.69, 9.17) is 9.84 Å². The number of anilines is 1. The molecule has 0 bridgehead atoms. The van der Waals surface area contributed by atoms with Gasteiger partial charge in [-0.25, -0.2) is 9.97 Å². The first-order valence-corrected chi connectivity index (χ1v) is 3.57. The Labute approximate surface area is 70.4 Å². The highest BCUT2D eigenvalue weighted by Crippen LogP contribution is 2.06. The van der Waals surface area contributed by atoms with E-state index in [-0.39, 0.29) is 6.61 Å². The molecule has 0 saturated carbocycles. The number of aromatic nitrogens is 2. The molecule has 0 spiro atoms. The fraction of sp³-hybridized carbons (Fsp3) is 0.429. The molecule has 0 aliphatic heterocycles. The summed E-state index contributed by atoms with van der Waals surface area (Å²) in [5.74, 6) is 1.11. The number of aliphatic hydroxyl groups excluding tert-OH is 1. The summed E-state index contributed by atoms with van der Waals surface area (Å²) >= 11 is 0. The number of aliphatic hydroxyl groups is 1.